The summed E-state index contributed by atoms with van der Waals surface area (Å²) < 4.78 is 1.56. The Labute approximate surface area is 222 Å². The van der Waals surface area contributed by atoms with Gasteiger partial charge in [0.2, 0.25) is 10.9 Å². The molecule has 6 nitrogen and oxygen atoms in total. The van der Waals surface area contributed by atoms with Crippen LogP contribution in [0.3, 0.4) is 0 Å². The van der Waals surface area contributed by atoms with Crippen molar-refractivity contribution in [2.45, 2.75) is 23.1 Å². The average molecular weight is 585 g/mol. The highest BCUT2D eigenvalue weighted by atomic mass is 79.9. The quantitative estimate of drug-likeness (QED) is 0.147. The maximum Gasteiger partial charge on any atom is 0.296 e. The minimum absolute atomic E-state index is 0.0452. The molecule has 1 aliphatic rings. The summed E-state index contributed by atoms with van der Waals surface area (Å²) >= 11 is 7.48. The van der Waals surface area contributed by atoms with Crippen LogP contribution in [0.1, 0.15) is 32.4 Å². The largest absolute Gasteiger partial charge is 0.503 e. The zero-order valence-corrected chi connectivity index (χ0v) is 22.4. The SMILES string of the molecule is Cc1ccc(CSc2nnc(N3C(=O)C(O)=C(C(=O)c4cccs4)C3c3ccc(Br)cc3)s2)cc1. The van der Waals surface area contributed by atoms with Gasteiger partial charge in [-0.1, -0.05) is 87.1 Å². The topological polar surface area (TPSA) is 83.4 Å². The van der Waals surface area contributed by atoms with Gasteiger partial charge >= 0.3 is 0 Å². The van der Waals surface area contributed by atoms with Crippen molar-refractivity contribution in [3.8, 4) is 0 Å². The van der Waals surface area contributed by atoms with Gasteiger partial charge in [0, 0.05) is 10.2 Å². The molecule has 0 fully saturated rings. The Morgan fingerprint density at radius 3 is 2.54 bits per heavy atom. The van der Waals surface area contributed by atoms with E-state index in [1.807, 2.05) is 31.2 Å². The monoisotopic (exact) mass is 583 g/mol. The van der Waals surface area contributed by atoms with Crippen molar-refractivity contribution < 1.29 is 14.7 Å². The van der Waals surface area contributed by atoms with Crippen LogP contribution in [0.25, 0.3) is 0 Å². The Bertz CT molecular complexity index is 1410. The molecular formula is C25H18BrN3O3S3. The first-order chi connectivity index (χ1) is 16.9. The van der Waals surface area contributed by atoms with E-state index in [-0.39, 0.29) is 11.4 Å². The molecule has 0 bridgehead atoms. The fraction of sp³-hybridized carbons (Fsp3) is 0.120. The molecule has 2 aromatic carbocycles. The first-order valence-electron chi connectivity index (χ1n) is 10.5. The van der Waals surface area contributed by atoms with Crippen LogP contribution in [0.4, 0.5) is 5.13 Å². The number of hydrogen-bond donors (Lipinski definition) is 1. The number of hydrogen-bond acceptors (Lipinski definition) is 8. The number of halogens is 1. The number of thiophene rings is 1. The average Bonchev–Trinajstić information content (AvgIpc) is 3.60. The van der Waals surface area contributed by atoms with E-state index in [0.29, 0.717) is 25.7 Å². The molecule has 1 unspecified atom stereocenters. The van der Waals surface area contributed by atoms with Gasteiger partial charge in [0.05, 0.1) is 16.5 Å². The molecule has 3 heterocycles. The first kappa shape index (κ1) is 23.9. The number of nitrogens with zero attached hydrogens (tertiary/aromatic N) is 3. The normalized spacial score (nSPS) is 15.8. The van der Waals surface area contributed by atoms with Crippen molar-refractivity contribution in [2.75, 3.05) is 4.90 Å². The summed E-state index contributed by atoms with van der Waals surface area (Å²) in [5.74, 6) is -0.880. The predicted molar refractivity (Wildman–Crippen MR) is 143 cm³/mol. The second-order valence-electron chi connectivity index (χ2n) is 7.82. The first-order valence-corrected chi connectivity index (χ1v) is 14.0. The predicted octanol–water partition coefficient (Wildman–Crippen LogP) is 6.75. The Kier molecular flexibility index (Phi) is 6.88. The van der Waals surface area contributed by atoms with E-state index in [9.17, 15) is 14.7 Å². The Morgan fingerprint density at radius 2 is 1.86 bits per heavy atom. The number of benzene rings is 2. The fourth-order valence-corrected chi connectivity index (χ4v) is 6.49. The van der Waals surface area contributed by atoms with Crippen LogP contribution in [-0.2, 0) is 10.5 Å². The maximum absolute atomic E-state index is 13.3. The van der Waals surface area contributed by atoms with Crippen LogP contribution in [0.5, 0.6) is 0 Å². The van der Waals surface area contributed by atoms with E-state index in [1.54, 1.807) is 17.5 Å². The highest BCUT2D eigenvalue weighted by molar-refractivity contribution is 9.10. The maximum atomic E-state index is 13.3. The number of rotatable bonds is 7. The lowest BCUT2D eigenvalue weighted by Gasteiger charge is -2.24. The molecule has 1 amide bonds. The number of Topliss-reactive ketones (excluding diaryl/α,β-unsaturated/α-hetero) is 1. The molecule has 2 aromatic heterocycles. The second kappa shape index (κ2) is 10.1. The van der Waals surface area contributed by atoms with Gasteiger partial charge in [-0.25, -0.2) is 0 Å². The summed E-state index contributed by atoms with van der Waals surface area (Å²) in [6.45, 7) is 2.05. The van der Waals surface area contributed by atoms with E-state index in [4.69, 9.17) is 0 Å². The lowest BCUT2D eigenvalue weighted by molar-refractivity contribution is -0.117. The number of aliphatic hydroxyl groups is 1. The number of amides is 1. The van der Waals surface area contributed by atoms with Crippen LogP contribution in [-0.4, -0.2) is 27.0 Å². The van der Waals surface area contributed by atoms with Crippen molar-refractivity contribution in [3.63, 3.8) is 0 Å². The van der Waals surface area contributed by atoms with Crippen LogP contribution < -0.4 is 4.90 Å². The molecule has 0 saturated heterocycles. The summed E-state index contributed by atoms with van der Waals surface area (Å²) in [6, 6.07) is 18.2. The van der Waals surface area contributed by atoms with Crippen LogP contribution in [0.2, 0.25) is 0 Å². The zero-order chi connectivity index (χ0) is 24.5. The minimum atomic E-state index is -0.812. The smallest absolute Gasteiger partial charge is 0.296 e. The number of anilines is 1. The summed E-state index contributed by atoms with van der Waals surface area (Å²) in [7, 11) is 0. The Balaban J connectivity index is 1.48. The second-order valence-corrected chi connectivity index (χ2v) is 11.9. The molecule has 0 radical (unpaired) electrons. The Morgan fingerprint density at radius 1 is 1.11 bits per heavy atom. The number of thioether (sulfide) groups is 1. The number of aromatic nitrogens is 2. The molecule has 1 atom stereocenters. The van der Waals surface area contributed by atoms with Gasteiger partial charge in [-0.3, -0.25) is 14.5 Å². The third kappa shape index (κ3) is 4.84. The molecular weight excluding hydrogens is 566 g/mol. The number of carbonyl (C=O) groups is 2. The molecule has 0 saturated carbocycles. The summed E-state index contributed by atoms with van der Waals surface area (Å²) in [5.41, 5.74) is 3.09. The third-order valence-corrected chi connectivity index (χ3v) is 8.99. The van der Waals surface area contributed by atoms with Crippen molar-refractivity contribution in [2.24, 2.45) is 0 Å². The molecule has 1 N–H and O–H groups in total. The number of ketones is 1. The van der Waals surface area contributed by atoms with Crippen LogP contribution >= 0.6 is 50.4 Å². The summed E-state index contributed by atoms with van der Waals surface area (Å²) in [4.78, 5) is 28.4. The van der Waals surface area contributed by atoms with Crippen molar-refractivity contribution in [1.29, 1.82) is 0 Å². The molecule has 35 heavy (non-hydrogen) atoms. The molecule has 0 spiro atoms. The lowest BCUT2D eigenvalue weighted by Crippen LogP contribution is -2.31. The van der Waals surface area contributed by atoms with Crippen molar-refractivity contribution >= 4 is 67.2 Å². The highest BCUT2D eigenvalue weighted by Crippen LogP contribution is 2.44. The molecule has 5 rings (SSSR count). The van der Waals surface area contributed by atoms with Gasteiger partial charge < -0.3 is 5.11 Å². The molecule has 4 aromatic rings. The van der Waals surface area contributed by atoms with Crippen LogP contribution in [0, 0.1) is 6.92 Å². The Hall–Kier alpha value is -2.79. The van der Waals surface area contributed by atoms with Crippen molar-refractivity contribution in [1.82, 2.24) is 10.2 Å². The van der Waals surface area contributed by atoms with Gasteiger partial charge in [0.15, 0.2) is 10.1 Å². The number of aliphatic hydroxyl groups excluding tert-OH is 1. The van der Waals surface area contributed by atoms with E-state index < -0.39 is 17.7 Å². The van der Waals surface area contributed by atoms with E-state index in [1.165, 1.54) is 44.9 Å². The van der Waals surface area contributed by atoms with Crippen molar-refractivity contribution in [3.05, 3.63) is 103 Å². The third-order valence-electron chi connectivity index (χ3n) is 5.47. The summed E-state index contributed by atoms with van der Waals surface area (Å²) in [6.07, 6.45) is 0. The molecule has 176 valence electrons. The van der Waals surface area contributed by atoms with Gasteiger partial charge in [-0.05, 0) is 41.6 Å². The van der Waals surface area contributed by atoms with Gasteiger partial charge in [0.1, 0.15) is 0 Å². The molecule has 1 aliphatic heterocycles. The standard InChI is InChI=1S/C25H18BrN3O3S3/c1-14-4-6-15(7-5-14)13-34-25-28-27-24(35-25)29-20(16-8-10-17(26)11-9-16)19(22(31)23(29)32)21(30)18-3-2-12-33-18/h2-12,20,31H,13H2,1H3. The summed E-state index contributed by atoms with van der Waals surface area (Å²) in [5, 5.41) is 21.5. The van der Waals surface area contributed by atoms with E-state index in [0.717, 1.165) is 10.0 Å². The minimum Gasteiger partial charge on any atom is -0.503 e. The number of carbonyl (C=O) groups excluding carboxylic acids is 2. The van der Waals surface area contributed by atoms with Gasteiger partial charge in [-0.2, -0.15) is 0 Å². The van der Waals surface area contributed by atoms with Gasteiger partial charge in [0.25, 0.3) is 5.91 Å². The fourth-order valence-electron chi connectivity index (χ4n) is 3.72. The lowest BCUT2D eigenvalue weighted by atomic mass is 9.96. The zero-order valence-electron chi connectivity index (χ0n) is 18.3. The highest BCUT2D eigenvalue weighted by Gasteiger charge is 2.46. The van der Waals surface area contributed by atoms with E-state index >= 15 is 0 Å². The van der Waals surface area contributed by atoms with Crippen LogP contribution in [0.15, 0.2) is 86.2 Å². The number of aryl methyl sites for hydroxylation is 1. The molecule has 10 heteroatoms. The van der Waals surface area contributed by atoms with Gasteiger partial charge in [-0.15, -0.1) is 21.5 Å². The molecule has 0 aliphatic carbocycles. The van der Waals surface area contributed by atoms with E-state index in [2.05, 4.69) is 50.4 Å².